The minimum atomic E-state index is -3.28. The van der Waals surface area contributed by atoms with Gasteiger partial charge in [0, 0.05) is 18.0 Å². The Kier molecular flexibility index (Phi) is 3.53. The predicted octanol–water partition coefficient (Wildman–Crippen LogP) is 1.40. The quantitative estimate of drug-likeness (QED) is 0.883. The van der Waals surface area contributed by atoms with E-state index >= 15 is 0 Å². The van der Waals surface area contributed by atoms with Gasteiger partial charge in [0.1, 0.15) is 0 Å². The fourth-order valence-corrected chi connectivity index (χ4v) is 4.42. The van der Waals surface area contributed by atoms with Crippen LogP contribution in [0.2, 0.25) is 0 Å². The highest BCUT2D eigenvalue weighted by atomic mass is 32.2. The van der Waals surface area contributed by atoms with E-state index in [0.29, 0.717) is 17.5 Å². The predicted molar refractivity (Wildman–Crippen MR) is 80.5 cm³/mol. The lowest BCUT2D eigenvalue weighted by Gasteiger charge is -2.27. The highest BCUT2D eigenvalue weighted by Gasteiger charge is 2.49. The first-order chi connectivity index (χ1) is 9.86. The fourth-order valence-electron chi connectivity index (χ4n) is 3.75. The summed E-state index contributed by atoms with van der Waals surface area (Å²) in [6, 6.07) is 6.28. The number of nitrogens with one attached hydrogen (secondary N) is 1. The van der Waals surface area contributed by atoms with E-state index in [4.69, 9.17) is 5.73 Å². The van der Waals surface area contributed by atoms with Crippen molar-refractivity contribution in [3.63, 3.8) is 0 Å². The Morgan fingerprint density at radius 3 is 2.62 bits per heavy atom. The van der Waals surface area contributed by atoms with Gasteiger partial charge in [0.15, 0.2) is 9.84 Å². The average molecular weight is 308 g/mol. The molecule has 1 amide bonds. The van der Waals surface area contributed by atoms with Gasteiger partial charge in [-0.1, -0.05) is 6.07 Å². The van der Waals surface area contributed by atoms with Gasteiger partial charge in [0.2, 0.25) is 5.91 Å². The largest absolute Gasteiger partial charge is 0.327 e. The molecule has 0 saturated heterocycles. The molecule has 4 unspecified atom stereocenters. The summed E-state index contributed by atoms with van der Waals surface area (Å²) in [7, 11) is -3.28. The number of fused-ring (bicyclic) bond motifs is 2. The normalized spacial score (nSPS) is 31.3. The third kappa shape index (κ3) is 2.70. The fraction of sp³-hybridized carbons (Fsp3) is 0.533. The number of carbonyl (C=O) groups is 1. The lowest BCUT2D eigenvalue weighted by atomic mass is 9.84. The molecule has 5 nitrogen and oxygen atoms in total. The lowest BCUT2D eigenvalue weighted by Crippen LogP contribution is -2.42. The van der Waals surface area contributed by atoms with Crippen LogP contribution in [0.5, 0.6) is 0 Å². The summed E-state index contributed by atoms with van der Waals surface area (Å²) < 4.78 is 23.1. The topological polar surface area (TPSA) is 89.3 Å². The molecule has 4 atom stereocenters. The van der Waals surface area contributed by atoms with Crippen LogP contribution in [-0.2, 0) is 14.6 Å². The number of anilines is 1. The van der Waals surface area contributed by atoms with Crippen LogP contribution in [0, 0.1) is 17.8 Å². The Morgan fingerprint density at radius 2 is 2.00 bits per heavy atom. The monoisotopic (exact) mass is 308 g/mol. The minimum Gasteiger partial charge on any atom is -0.327 e. The molecule has 3 rings (SSSR count). The van der Waals surface area contributed by atoms with Crippen LogP contribution in [0.3, 0.4) is 0 Å². The number of sulfone groups is 1. The second-order valence-electron chi connectivity index (χ2n) is 6.23. The highest BCUT2D eigenvalue weighted by molar-refractivity contribution is 7.90. The van der Waals surface area contributed by atoms with Gasteiger partial charge in [-0.2, -0.15) is 0 Å². The van der Waals surface area contributed by atoms with Crippen molar-refractivity contribution in [2.45, 2.75) is 30.2 Å². The SMILES string of the molecule is CS(=O)(=O)c1cccc(NC(=O)C2C3CCC(C3)C2N)c1. The number of hydrogen-bond donors (Lipinski definition) is 2. The van der Waals surface area contributed by atoms with E-state index in [0.717, 1.165) is 25.5 Å². The Hall–Kier alpha value is -1.40. The van der Waals surface area contributed by atoms with Gasteiger partial charge in [-0.25, -0.2) is 8.42 Å². The molecule has 2 bridgehead atoms. The molecule has 2 fully saturated rings. The summed E-state index contributed by atoms with van der Waals surface area (Å²) in [5, 5.41) is 2.83. The van der Waals surface area contributed by atoms with Crippen LogP contribution < -0.4 is 11.1 Å². The zero-order chi connectivity index (χ0) is 15.2. The smallest absolute Gasteiger partial charge is 0.229 e. The molecule has 1 aromatic carbocycles. The summed E-state index contributed by atoms with van der Waals surface area (Å²) in [5.74, 6) is 0.613. The van der Waals surface area contributed by atoms with Crippen LogP contribution in [0.1, 0.15) is 19.3 Å². The van der Waals surface area contributed by atoms with Crippen molar-refractivity contribution in [1.29, 1.82) is 0 Å². The van der Waals surface area contributed by atoms with E-state index in [1.807, 2.05) is 0 Å². The molecular formula is C15H20N2O3S. The van der Waals surface area contributed by atoms with Crippen molar-refractivity contribution >= 4 is 21.4 Å². The van der Waals surface area contributed by atoms with Gasteiger partial charge in [0.25, 0.3) is 0 Å². The highest BCUT2D eigenvalue weighted by Crippen LogP contribution is 2.47. The Labute approximate surface area is 124 Å². The molecule has 0 aliphatic heterocycles. The minimum absolute atomic E-state index is 0.0677. The number of rotatable bonds is 3. The summed E-state index contributed by atoms with van der Waals surface area (Å²) in [4.78, 5) is 12.6. The van der Waals surface area contributed by atoms with Crippen LogP contribution >= 0.6 is 0 Å². The second-order valence-corrected chi connectivity index (χ2v) is 8.24. The summed E-state index contributed by atoms with van der Waals surface area (Å²) in [5.41, 5.74) is 6.67. The summed E-state index contributed by atoms with van der Waals surface area (Å²) in [6.45, 7) is 0. The van der Waals surface area contributed by atoms with Gasteiger partial charge in [0.05, 0.1) is 10.8 Å². The van der Waals surface area contributed by atoms with E-state index in [1.165, 1.54) is 12.1 Å². The van der Waals surface area contributed by atoms with E-state index in [9.17, 15) is 13.2 Å². The van der Waals surface area contributed by atoms with Gasteiger partial charge < -0.3 is 11.1 Å². The van der Waals surface area contributed by atoms with Gasteiger partial charge >= 0.3 is 0 Å². The lowest BCUT2D eigenvalue weighted by molar-refractivity contribution is -0.121. The first-order valence-corrected chi connectivity index (χ1v) is 9.12. The van der Waals surface area contributed by atoms with Crippen molar-refractivity contribution < 1.29 is 13.2 Å². The number of benzene rings is 1. The zero-order valence-electron chi connectivity index (χ0n) is 12.0. The molecule has 6 heteroatoms. The van der Waals surface area contributed by atoms with E-state index in [2.05, 4.69) is 5.32 Å². The van der Waals surface area contributed by atoms with Crippen molar-refractivity contribution in [3.8, 4) is 0 Å². The molecule has 21 heavy (non-hydrogen) atoms. The second kappa shape index (κ2) is 5.10. The maximum Gasteiger partial charge on any atom is 0.229 e. The number of nitrogens with two attached hydrogens (primary N) is 1. The molecule has 1 aromatic rings. The molecular weight excluding hydrogens is 288 g/mol. The third-order valence-electron chi connectivity index (χ3n) is 4.81. The molecule has 0 aromatic heterocycles. The van der Waals surface area contributed by atoms with Crippen LogP contribution in [-0.4, -0.2) is 26.6 Å². The van der Waals surface area contributed by atoms with E-state index in [1.54, 1.807) is 12.1 Å². The third-order valence-corrected chi connectivity index (χ3v) is 5.92. The van der Waals surface area contributed by atoms with Crippen LogP contribution in [0.25, 0.3) is 0 Å². The van der Waals surface area contributed by atoms with Gasteiger partial charge in [-0.15, -0.1) is 0 Å². The number of hydrogen-bond acceptors (Lipinski definition) is 4. The molecule has 0 radical (unpaired) electrons. The van der Waals surface area contributed by atoms with Gasteiger partial charge in [-0.05, 0) is 49.3 Å². The van der Waals surface area contributed by atoms with Crippen molar-refractivity contribution in [2.75, 3.05) is 11.6 Å². The zero-order valence-corrected chi connectivity index (χ0v) is 12.8. The Morgan fingerprint density at radius 1 is 1.29 bits per heavy atom. The number of amides is 1. The van der Waals surface area contributed by atoms with E-state index < -0.39 is 9.84 Å². The molecule has 0 spiro atoms. The van der Waals surface area contributed by atoms with Crippen LogP contribution in [0.15, 0.2) is 29.2 Å². The van der Waals surface area contributed by atoms with Crippen LogP contribution in [0.4, 0.5) is 5.69 Å². The first kappa shape index (κ1) is 14.5. The Balaban J connectivity index is 1.77. The standard InChI is InChI=1S/C15H20N2O3S/c1-21(19,20)12-4-2-3-11(8-12)17-15(18)13-9-5-6-10(7-9)14(13)16/h2-4,8-10,13-14H,5-7,16H2,1H3,(H,17,18). The molecule has 114 valence electrons. The molecule has 3 N–H and O–H groups in total. The summed E-state index contributed by atoms with van der Waals surface area (Å²) >= 11 is 0. The van der Waals surface area contributed by atoms with Crippen molar-refractivity contribution in [2.24, 2.45) is 23.5 Å². The Bertz CT molecular complexity index is 669. The number of carbonyl (C=O) groups excluding carboxylic acids is 1. The van der Waals surface area contributed by atoms with Crippen molar-refractivity contribution in [3.05, 3.63) is 24.3 Å². The molecule has 2 aliphatic rings. The average Bonchev–Trinajstić information content (AvgIpc) is 2.98. The maximum absolute atomic E-state index is 12.4. The van der Waals surface area contributed by atoms with Crippen molar-refractivity contribution in [1.82, 2.24) is 0 Å². The maximum atomic E-state index is 12.4. The molecule has 2 saturated carbocycles. The van der Waals surface area contributed by atoms with Gasteiger partial charge in [-0.3, -0.25) is 4.79 Å². The van der Waals surface area contributed by atoms with E-state index in [-0.39, 0.29) is 22.8 Å². The summed E-state index contributed by atoms with van der Waals surface area (Å²) in [6.07, 6.45) is 4.39. The first-order valence-electron chi connectivity index (χ1n) is 7.23. The molecule has 2 aliphatic carbocycles. The molecule has 0 heterocycles.